The first-order valence-electron chi connectivity index (χ1n) is 8.29. The summed E-state index contributed by atoms with van der Waals surface area (Å²) >= 11 is 0. The Morgan fingerprint density at radius 3 is 2.44 bits per heavy atom. The number of para-hydroxylation sites is 2. The lowest BCUT2D eigenvalue weighted by atomic mass is 10.2. The van der Waals surface area contributed by atoms with E-state index in [0.29, 0.717) is 5.69 Å². The van der Waals surface area contributed by atoms with Crippen LogP contribution in [0.2, 0.25) is 0 Å². The molecule has 0 saturated heterocycles. The maximum atomic E-state index is 12.7. The van der Waals surface area contributed by atoms with Crippen molar-refractivity contribution < 1.29 is 13.2 Å². The van der Waals surface area contributed by atoms with Crippen LogP contribution in [-0.2, 0) is 10.0 Å². The number of amides is 1. The van der Waals surface area contributed by atoms with Crippen LogP contribution in [0.15, 0.2) is 59.5 Å². The van der Waals surface area contributed by atoms with Crippen LogP contribution in [0.3, 0.4) is 0 Å². The molecule has 0 fully saturated rings. The Morgan fingerprint density at radius 2 is 1.78 bits per heavy atom. The first-order valence-corrected chi connectivity index (χ1v) is 9.78. The van der Waals surface area contributed by atoms with Gasteiger partial charge in [0.05, 0.1) is 22.0 Å². The zero-order valence-electron chi connectivity index (χ0n) is 15.2. The number of nitrogens with zero attached hydrogens (tertiary/aromatic N) is 2. The maximum Gasteiger partial charge on any atom is 0.255 e. The molecule has 1 heterocycles. The number of benzene rings is 2. The fourth-order valence-electron chi connectivity index (χ4n) is 2.75. The summed E-state index contributed by atoms with van der Waals surface area (Å²) in [5.74, 6) is -0.405. The van der Waals surface area contributed by atoms with Gasteiger partial charge in [-0.2, -0.15) is 5.10 Å². The number of sulfonamides is 1. The average molecular weight is 384 g/mol. The van der Waals surface area contributed by atoms with Gasteiger partial charge < -0.3 is 5.32 Å². The molecule has 2 aromatic carbocycles. The highest BCUT2D eigenvalue weighted by molar-refractivity contribution is 7.89. The molecule has 1 aromatic heterocycles. The van der Waals surface area contributed by atoms with E-state index in [-0.39, 0.29) is 10.5 Å². The Bertz CT molecular complexity index is 1100. The van der Waals surface area contributed by atoms with E-state index >= 15 is 0 Å². The van der Waals surface area contributed by atoms with E-state index in [4.69, 9.17) is 0 Å². The summed E-state index contributed by atoms with van der Waals surface area (Å²) in [6, 6.07) is 15.1. The minimum atomic E-state index is -3.63. The van der Waals surface area contributed by atoms with Gasteiger partial charge in [0.2, 0.25) is 10.0 Å². The molecular formula is C19H20N4O3S. The van der Waals surface area contributed by atoms with Gasteiger partial charge in [-0.25, -0.2) is 17.8 Å². The molecule has 7 nitrogen and oxygen atoms in total. The van der Waals surface area contributed by atoms with Gasteiger partial charge in [0, 0.05) is 11.3 Å². The molecular weight excluding hydrogens is 364 g/mol. The lowest BCUT2D eigenvalue weighted by molar-refractivity contribution is 0.102. The van der Waals surface area contributed by atoms with Gasteiger partial charge in [-0.1, -0.05) is 18.2 Å². The fourth-order valence-corrected chi connectivity index (χ4v) is 3.53. The fraction of sp³-hybridized carbons (Fsp3) is 0.158. The van der Waals surface area contributed by atoms with Crippen molar-refractivity contribution in [2.45, 2.75) is 18.7 Å². The van der Waals surface area contributed by atoms with E-state index < -0.39 is 15.9 Å². The molecule has 0 aliphatic rings. The molecule has 3 rings (SSSR count). The van der Waals surface area contributed by atoms with E-state index in [0.717, 1.165) is 17.1 Å². The van der Waals surface area contributed by atoms with Crippen molar-refractivity contribution in [1.29, 1.82) is 0 Å². The second kappa shape index (κ2) is 7.34. The van der Waals surface area contributed by atoms with Crippen LogP contribution in [0.4, 0.5) is 5.69 Å². The second-order valence-corrected chi connectivity index (χ2v) is 7.93. The summed E-state index contributed by atoms with van der Waals surface area (Å²) in [6.45, 7) is 3.84. The average Bonchev–Trinajstić information content (AvgIpc) is 3.00. The molecule has 0 radical (unpaired) electrons. The van der Waals surface area contributed by atoms with Crippen LogP contribution < -0.4 is 10.0 Å². The molecule has 2 N–H and O–H groups in total. The summed E-state index contributed by atoms with van der Waals surface area (Å²) in [4.78, 5) is 12.7. The van der Waals surface area contributed by atoms with Crippen LogP contribution in [0, 0.1) is 13.8 Å². The van der Waals surface area contributed by atoms with Crippen molar-refractivity contribution in [3.63, 3.8) is 0 Å². The standard InChI is InChI=1S/C19H20N4O3S/c1-13-11-14(2)23(22-13)18-10-5-4-9-17(18)21-19(24)15-7-6-8-16(12-15)27(25,26)20-3/h4-12,20H,1-3H3,(H,21,24). The SMILES string of the molecule is CNS(=O)(=O)c1cccc(C(=O)Nc2ccccc2-n2nc(C)cc2C)c1. The first-order chi connectivity index (χ1) is 12.8. The van der Waals surface area contributed by atoms with Gasteiger partial charge in [0.15, 0.2) is 0 Å². The zero-order valence-corrected chi connectivity index (χ0v) is 16.0. The third-order valence-electron chi connectivity index (χ3n) is 4.07. The van der Waals surface area contributed by atoms with Gasteiger partial charge in [-0.05, 0) is 57.3 Å². The maximum absolute atomic E-state index is 12.7. The smallest absolute Gasteiger partial charge is 0.255 e. The summed E-state index contributed by atoms with van der Waals surface area (Å²) in [5, 5.41) is 7.30. The summed E-state index contributed by atoms with van der Waals surface area (Å²) in [6.07, 6.45) is 0. The number of carbonyl (C=O) groups is 1. The van der Waals surface area contributed by atoms with Crippen molar-refractivity contribution in [3.05, 3.63) is 71.5 Å². The minimum absolute atomic E-state index is 0.0319. The summed E-state index contributed by atoms with van der Waals surface area (Å²) in [5.41, 5.74) is 3.37. The highest BCUT2D eigenvalue weighted by Crippen LogP contribution is 2.22. The van der Waals surface area contributed by atoms with Crippen molar-refractivity contribution >= 4 is 21.6 Å². The number of nitrogens with one attached hydrogen (secondary N) is 2. The van der Waals surface area contributed by atoms with E-state index in [2.05, 4.69) is 15.1 Å². The molecule has 0 unspecified atom stereocenters. The number of hydrogen-bond acceptors (Lipinski definition) is 4. The quantitative estimate of drug-likeness (QED) is 0.707. The van der Waals surface area contributed by atoms with Gasteiger partial charge in [-0.3, -0.25) is 4.79 Å². The van der Waals surface area contributed by atoms with Crippen molar-refractivity contribution in [1.82, 2.24) is 14.5 Å². The molecule has 0 spiro atoms. The van der Waals surface area contributed by atoms with Gasteiger partial charge in [-0.15, -0.1) is 0 Å². The second-order valence-electron chi connectivity index (χ2n) is 6.05. The third kappa shape index (κ3) is 3.91. The normalized spacial score (nSPS) is 11.4. The number of aryl methyl sites for hydroxylation is 2. The Labute approximate surface area is 158 Å². The molecule has 3 aromatic rings. The molecule has 8 heteroatoms. The molecule has 0 aliphatic carbocycles. The van der Waals surface area contributed by atoms with Crippen LogP contribution in [0.5, 0.6) is 0 Å². The van der Waals surface area contributed by atoms with Crippen molar-refractivity contribution in [2.24, 2.45) is 0 Å². The number of carbonyl (C=O) groups excluding carboxylic acids is 1. The van der Waals surface area contributed by atoms with Crippen LogP contribution in [0.25, 0.3) is 5.69 Å². The van der Waals surface area contributed by atoms with E-state index in [9.17, 15) is 13.2 Å². The number of aromatic nitrogens is 2. The van der Waals surface area contributed by atoms with E-state index in [1.54, 1.807) is 16.8 Å². The lowest BCUT2D eigenvalue weighted by Gasteiger charge is -2.13. The molecule has 0 atom stereocenters. The number of hydrogen-bond donors (Lipinski definition) is 2. The van der Waals surface area contributed by atoms with Gasteiger partial charge >= 0.3 is 0 Å². The molecule has 140 valence electrons. The Morgan fingerprint density at radius 1 is 1.04 bits per heavy atom. The molecule has 27 heavy (non-hydrogen) atoms. The monoisotopic (exact) mass is 384 g/mol. The third-order valence-corrected chi connectivity index (χ3v) is 5.48. The Kier molecular flexibility index (Phi) is 5.11. The Hall–Kier alpha value is -2.97. The zero-order chi connectivity index (χ0) is 19.6. The Balaban J connectivity index is 1.94. The predicted octanol–water partition coefficient (Wildman–Crippen LogP) is 2.65. The molecule has 0 aliphatic heterocycles. The summed E-state index contributed by atoms with van der Waals surface area (Å²) < 4.78 is 27.9. The van der Waals surface area contributed by atoms with E-state index in [1.165, 1.54) is 25.2 Å². The topological polar surface area (TPSA) is 93.1 Å². The lowest BCUT2D eigenvalue weighted by Crippen LogP contribution is -2.20. The van der Waals surface area contributed by atoms with Crippen LogP contribution in [0.1, 0.15) is 21.7 Å². The summed E-state index contributed by atoms with van der Waals surface area (Å²) in [7, 11) is -2.30. The highest BCUT2D eigenvalue weighted by atomic mass is 32.2. The van der Waals surface area contributed by atoms with E-state index in [1.807, 2.05) is 38.1 Å². The van der Waals surface area contributed by atoms with Crippen molar-refractivity contribution in [3.8, 4) is 5.69 Å². The highest BCUT2D eigenvalue weighted by Gasteiger charge is 2.16. The van der Waals surface area contributed by atoms with Gasteiger partial charge in [0.25, 0.3) is 5.91 Å². The molecule has 1 amide bonds. The van der Waals surface area contributed by atoms with Crippen molar-refractivity contribution in [2.75, 3.05) is 12.4 Å². The van der Waals surface area contributed by atoms with Crippen LogP contribution >= 0.6 is 0 Å². The minimum Gasteiger partial charge on any atom is -0.320 e. The largest absolute Gasteiger partial charge is 0.320 e. The predicted molar refractivity (Wildman–Crippen MR) is 104 cm³/mol. The van der Waals surface area contributed by atoms with Gasteiger partial charge in [0.1, 0.15) is 0 Å². The molecule has 0 saturated carbocycles. The van der Waals surface area contributed by atoms with Crippen LogP contribution in [-0.4, -0.2) is 31.2 Å². The first kappa shape index (κ1) is 18.8. The number of anilines is 1. The number of rotatable bonds is 5. The molecule has 0 bridgehead atoms.